The predicted octanol–water partition coefficient (Wildman–Crippen LogP) is 2.76. The van der Waals surface area contributed by atoms with Crippen LogP contribution in [0.15, 0.2) is 30.6 Å². The van der Waals surface area contributed by atoms with Crippen molar-refractivity contribution in [2.24, 2.45) is 0 Å². The first kappa shape index (κ1) is 14.7. The molecule has 0 aliphatic rings. The maximum absolute atomic E-state index is 11.0. The number of aromatic nitrogens is 2. The van der Waals surface area contributed by atoms with Gasteiger partial charge in [0, 0.05) is 18.0 Å². The Morgan fingerprint density at radius 3 is 2.52 bits per heavy atom. The Labute approximate surface area is 123 Å². The van der Waals surface area contributed by atoms with Gasteiger partial charge in [-0.05, 0) is 12.1 Å². The van der Waals surface area contributed by atoms with Gasteiger partial charge < -0.3 is 9.47 Å². The lowest BCUT2D eigenvalue weighted by atomic mass is 10.3. The van der Waals surface area contributed by atoms with Crippen LogP contribution in [-0.2, 0) is 4.79 Å². The van der Waals surface area contributed by atoms with E-state index in [1.54, 1.807) is 0 Å². The molecule has 2 rings (SSSR count). The molecule has 1 aromatic carbocycles. The Balaban J connectivity index is 2.26. The maximum atomic E-state index is 11.0. The summed E-state index contributed by atoms with van der Waals surface area (Å²) in [4.78, 5) is 28.3. The standard InChI is InChI=1S/C12H8ClN3O5/c1-7(17)20-11-4-8(13)2-3-10(11)21-12-14-5-9(6-15-12)16(18)19/h2-6H,1H3. The van der Waals surface area contributed by atoms with Crippen LogP contribution in [0, 0.1) is 10.1 Å². The van der Waals surface area contributed by atoms with Crippen LogP contribution in [0.5, 0.6) is 17.5 Å². The number of nitrogens with zero attached hydrogens (tertiary/aromatic N) is 3. The largest absolute Gasteiger partial charge is 0.423 e. The first-order valence-corrected chi connectivity index (χ1v) is 5.96. The average Bonchev–Trinajstić information content (AvgIpc) is 2.42. The number of nitro groups is 1. The summed E-state index contributed by atoms with van der Waals surface area (Å²) in [7, 11) is 0. The highest BCUT2D eigenvalue weighted by Crippen LogP contribution is 2.33. The molecule has 0 fully saturated rings. The highest BCUT2D eigenvalue weighted by molar-refractivity contribution is 6.30. The van der Waals surface area contributed by atoms with Gasteiger partial charge in [-0.1, -0.05) is 11.6 Å². The molecule has 0 bridgehead atoms. The van der Waals surface area contributed by atoms with Crippen LogP contribution in [0.1, 0.15) is 6.92 Å². The van der Waals surface area contributed by atoms with E-state index >= 15 is 0 Å². The number of carbonyl (C=O) groups is 1. The number of carbonyl (C=O) groups excluding carboxylic acids is 1. The summed E-state index contributed by atoms with van der Waals surface area (Å²) >= 11 is 5.81. The topological polar surface area (TPSA) is 104 Å². The molecule has 2 aromatic rings. The van der Waals surface area contributed by atoms with E-state index < -0.39 is 10.9 Å². The highest BCUT2D eigenvalue weighted by atomic mass is 35.5. The number of hydrogen-bond donors (Lipinski definition) is 0. The van der Waals surface area contributed by atoms with E-state index in [-0.39, 0.29) is 23.2 Å². The molecular formula is C12H8ClN3O5. The third kappa shape index (κ3) is 3.86. The van der Waals surface area contributed by atoms with Crippen molar-refractivity contribution in [3.05, 3.63) is 45.7 Å². The number of hydrogen-bond acceptors (Lipinski definition) is 7. The van der Waals surface area contributed by atoms with Crippen molar-refractivity contribution in [2.75, 3.05) is 0 Å². The van der Waals surface area contributed by atoms with E-state index in [1.807, 2.05) is 0 Å². The zero-order chi connectivity index (χ0) is 15.4. The van der Waals surface area contributed by atoms with Crippen molar-refractivity contribution in [1.82, 2.24) is 9.97 Å². The van der Waals surface area contributed by atoms with Gasteiger partial charge in [0.25, 0.3) is 0 Å². The van der Waals surface area contributed by atoms with Crippen molar-refractivity contribution < 1.29 is 19.2 Å². The Hall–Kier alpha value is -2.74. The van der Waals surface area contributed by atoms with E-state index in [4.69, 9.17) is 21.1 Å². The molecule has 0 unspecified atom stereocenters. The molecule has 0 spiro atoms. The summed E-state index contributed by atoms with van der Waals surface area (Å²) in [5.74, 6) is -0.299. The van der Waals surface area contributed by atoms with Crippen molar-refractivity contribution >= 4 is 23.3 Å². The van der Waals surface area contributed by atoms with Crippen LogP contribution in [-0.4, -0.2) is 20.9 Å². The van der Waals surface area contributed by atoms with Crippen molar-refractivity contribution in [1.29, 1.82) is 0 Å². The first-order valence-electron chi connectivity index (χ1n) is 5.58. The molecule has 8 nitrogen and oxygen atoms in total. The number of halogens is 1. The van der Waals surface area contributed by atoms with E-state index in [1.165, 1.54) is 25.1 Å². The molecular weight excluding hydrogens is 302 g/mol. The van der Waals surface area contributed by atoms with Gasteiger partial charge in [0.15, 0.2) is 11.5 Å². The fourth-order valence-corrected chi connectivity index (χ4v) is 1.52. The lowest BCUT2D eigenvalue weighted by Crippen LogP contribution is -2.03. The fourth-order valence-electron chi connectivity index (χ4n) is 1.36. The normalized spacial score (nSPS) is 10.0. The Bertz CT molecular complexity index is 690. The molecule has 0 saturated carbocycles. The van der Waals surface area contributed by atoms with Gasteiger partial charge in [-0.3, -0.25) is 14.9 Å². The monoisotopic (exact) mass is 309 g/mol. The van der Waals surface area contributed by atoms with Gasteiger partial charge >= 0.3 is 17.7 Å². The molecule has 0 amide bonds. The summed E-state index contributed by atoms with van der Waals surface area (Å²) in [6.07, 6.45) is 2.01. The summed E-state index contributed by atoms with van der Waals surface area (Å²) < 4.78 is 10.3. The zero-order valence-electron chi connectivity index (χ0n) is 10.6. The van der Waals surface area contributed by atoms with E-state index in [9.17, 15) is 14.9 Å². The zero-order valence-corrected chi connectivity index (χ0v) is 11.4. The third-order valence-electron chi connectivity index (χ3n) is 2.19. The maximum Gasteiger partial charge on any atom is 0.322 e. The van der Waals surface area contributed by atoms with Gasteiger partial charge in [0.1, 0.15) is 12.4 Å². The Kier molecular flexibility index (Phi) is 4.29. The second kappa shape index (κ2) is 6.14. The Morgan fingerprint density at radius 2 is 1.95 bits per heavy atom. The number of ether oxygens (including phenoxy) is 2. The van der Waals surface area contributed by atoms with E-state index in [0.717, 1.165) is 12.4 Å². The number of esters is 1. The molecule has 9 heteroatoms. The smallest absolute Gasteiger partial charge is 0.322 e. The van der Waals surface area contributed by atoms with Crippen LogP contribution in [0.3, 0.4) is 0 Å². The molecule has 21 heavy (non-hydrogen) atoms. The number of benzene rings is 1. The molecule has 0 aliphatic heterocycles. The molecule has 0 radical (unpaired) electrons. The molecule has 1 aromatic heterocycles. The minimum Gasteiger partial charge on any atom is -0.423 e. The van der Waals surface area contributed by atoms with Gasteiger partial charge in [0.2, 0.25) is 0 Å². The fraction of sp³-hybridized carbons (Fsp3) is 0.0833. The van der Waals surface area contributed by atoms with Crippen LogP contribution in [0.2, 0.25) is 5.02 Å². The minimum absolute atomic E-state index is 0.0944. The van der Waals surface area contributed by atoms with Gasteiger partial charge in [-0.25, -0.2) is 0 Å². The van der Waals surface area contributed by atoms with Crippen molar-refractivity contribution in [3.8, 4) is 17.5 Å². The quantitative estimate of drug-likeness (QED) is 0.370. The van der Waals surface area contributed by atoms with E-state index in [0.29, 0.717) is 5.02 Å². The average molecular weight is 310 g/mol. The SMILES string of the molecule is CC(=O)Oc1cc(Cl)ccc1Oc1ncc([N+](=O)[O-])cn1. The second-order valence-corrected chi connectivity index (χ2v) is 4.20. The first-order chi connectivity index (χ1) is 9.95. The summed E-state index contributed by atoms with van der Waals surface area (Å²) in [6.45, 7) is 1.23. The van der Waals surface area contributed by atoms with Crippen LogP contribution in [0.25, 0.3) is 0 Å². The lowest BCUT2D eigenvalue weighted by molar-refractivity contribution is -0.385. The van der Waals surface area contributed by atoms with Crippen LogP contribution >= 0.6 is 11.6 Å². The summed E-state index contributed by atoms with van der Waals surface area (Å²) in [6, 6.07) is 4.25. The van der Waals surface area contributed by atoms with Crippen LogP contribution in [0.4, 0.5) is 5.69 Å². The van der Waals surface area contributed by atoms with Gasteiger partial charge in [-0.15, -0.1) is 0 Å². The van der Waals surface area contributed by atoms with E-state index in [2.05, 4.69) is 9.97 Å². The van der Waals surface area contributed by atoms with Gasteiger partial charge in [0.05, 0.1) is 4.92 Å². The second-order valence-electron chi connectivity index (χ2n) is 3.77. The lowest BCUT2D eigenvalue weighted by Gasteiger charge is -2.09. The van der Waals surface area contributed by atoms with Gasteiger partial charge in [-0.2, -0.15) is 9.97 Å². The minimum atomic E-state index is -0.629. The molecule has 0 saturated heterocycles. The molecule has 0 N–H and O–H groups in total. The van der Waals surface area contributed by atoms with Crippen molar-refractivity contribution in [3.63, 3.8) is 0 Å². The third-order valence-corrected chi connectivity index (χ3v) is 2.42. The Morgan fingerprint density at radius 1 is 1.29 bits per heavy atom. The summed E-state index contributed by atoms with van der Waals surface area (Å²) in [5, 5.41) is 10.8. The van der Waals surface area contributed by atoms with Crippen molar-refractivity contribution in [2.45, 2.75) is 6.92 Å². The highest BCUT2D eigenvalue weighted by Gasteiger charge is 2.13. The molecule has 108 valence electrons. The predicted molar refractivity (Wildman–Crippen MR) is 71.5 cm³/mol. The summed E-state index contributed by atoms with van der Waals surface area (Å²) in [5.41, 5.74) is -0.265. The molecule has 0 aliphatic carbocycles. The number of rotatable bonds is 4. The molecule has 1 heterocycles. The van der Waals surface area contributed by atoms with Crippen LogP contribution < -0.4 is 9.47 Å². The molecule has 0 atom stereocenters.